The fourth-order valence-electron chi connectivity index (χ4n) is 4.30. The van der Waals surface area contributed by atoms with Crippen molar-refractivity contribution < 1.29 is 27.5 Å². The van der Waals surface area contributed by atoms with Gasteiger partial charge in [0.25, 0.3) is 0 Å². The molecule has 2 aromatic heterocycles. The lowest BCUT2D eigenvalue weighted by atomic mass is 9.99. The summed E-state index contributed by atoms with van der Waals surface area (Å²) in [5.74, 6) is -1.13. The normalized spacial score (nSPS) is 12.2. The third-order valence-corrected chi connectivity index (χ3v) is 6.31. The number of hydrogen-bond acceptors (Lipinski definition) is 6. The average molecular weight is 544 g/mol. The number of alkyl halides is 3. The van der Waals surface area contributed by atoms with Crippen LogP contribution in [0.2, 0.25) is 0 Å². The van der Waals surface area contributed by atoms with Crippen LogP contribution in [-0.4, -0.2) is 20.9 Å². The minimum atomic E-state index is -4.74. The molecule has 0 spiro atoms. The first-order valence-electron chi connectivity index (χ1n) is 11.9. The van der Waals surface area contributed by atoms with Crippen molar-refractivity contribution in [1.29, 1.82) is 5.26 Å². The predicted molar refractivity (Wildman–Crippen MR) is 140 cm³/mol. The standard InChI is InChI=1S/C29H19F3N4O4/c1-16(35-24-5-3-2-4-21(24)28(38)39)22-10-19(29(30,31)32)11-23-25(37)12-26(40-27(22)23)18-14-34-36(15-18)20-8-6-17(13-33)7-9-20/h2-12,14-16,35H,1H3,(H,38,39). The van der Waals surface area contributed by atoms with Crippen LogP contribution >= 0.6 is 0 Å². The van der Waals surface area contributed by atoms with Gasteiger partial charge in [-0.15, -0.1) is 0 Å². The van der Waals surface area contributed by atoms with E-state index in [0.29, 0.717) is 16.8 Å². The molecule has 0 saturated carbocycles. The van der Waals surface area contributed by atoms with E-state index in [1.165, 1.54) is 29.1 Å². The van der Waals surface area contributed by atoms with Gasteiger partial charge in [-0.2, -0.15) is 23.5 Å². The molecule has 0 bridgehead atoms. The molecule has 8 nitrogen and oxygen atoms in total. The molecular formula is C29H19F3N4O4. The molecule has 5 rings (SSSR count). The second kappa shape index (κ2) is 10.1. The summed E-state index contributed by atoms with van der Waals surface area (Å²) in [6.07, 6.45) is -1.72. The van der Waals surface area contributed by atoms with Crippen LogP contribution < -0.4 is 10.7 Å². The van der Waals surface area contributed by atoms with E-state index in [0.717, 1.165) is 18.2 Å². The Balaban J connectivity index is 1.62. The second-order valence-electron chi connectivity index (χ2n) is 8.96. The summed E-state index contributed by atoms with van der Waals surface area (Å²) in [7, 11) is 0. The van der Waals surface area contributed by atoms with E-state index in [1.807, 2.05) is 6.07 Å². The zero-order valence-corrected chi connectivity index (χ0v) is 20.7. The quantitative estimate of drug-likeness (QED) is 0.253. The highest BCUT2D eigenvalue weighted by Gasteiger charge is 2.33. The Labute approximate surface area is 224 Å². The van der Waals surface area contributed by atoms with Gasteiger partial charge < -0.3 is 14.8 Å². The number of nitriles is 1. The largest absolute Gasteiger partial charge is 0.478 e. The zero-order chi connectivity index (χ0) is 28.6. The zero-order valence-electron chi connectivity index (χ0n) is 20.7. The van der Waals surface area contributed by atoms with Crippen molar-refractivity contribution in [2.75, 3.05) is 5.32 Å². The van der Waals surface area contributed by atoms with Gasteiger partial charge in [-0.25, -0.2) is 9.48 Å². The number of nitrogens with zero attached hydrogens (tertiary/aromatic N) is 3. The molecule has 11 heteroatoms. The van der Waals surface area contributed by atoms with E-state index in [4.69, 9.17) is 9.68 Å². The SMILES string of the molecule is CC(Nc1ccccc1C(=O)O)c1cc(C(F)(F)F)cc2c(=O)cc(-c3cnn(-c4ccc(C#N)cc4)c3)oc12. The predicted octanol–water partition coefficient (Wildman–Crippen LogP) is 6.41. The van der Waals surface area contributed by atoms with E-state index in [2.05, 4.69) is 10.4 Å². The van der Waals surface area contributed by atoms with Crippen LogP contribution in [0.4, 0.5) is 18.9 Å². The van der Waals surface area contributed by atoms with Crippen molar-refractivity contribution in [1.82, 2.24) is 9.78 Å². The number of carboxylic acids is 1. The maximum absolute atomic E-state index is 13.8. The lowest BCUT2D eigenvalue weighted by Gasteiger charge is -2.20. The molecular weight excluding hydrogens is 525 g/mol. The van der Waals surface area contributed by atoms with Crippen LogP contribution in [0.1, 0.15) is 40.0 Å². The smallest absolute Gasteiger partial charge is 0.416 e. The minimum Gasteiger partial charge on any atom is -0.478 e. The molecule has 200 valence electrons. The summed E-state index contributed by atoms with van der Waals surface area (Å²) in [5.41, 5.74) is -0.159. The minimum absolute atomic E-state index is 0.0171. The fraction of sp³-hybridized carbons (Fsp3) is 0.103. The van der Waals surface area contributed by atoms with Crippen molar-refractivity contribution in [2.24, 2.45) is 0 Å². The van der Waals surface area contributed by atoms with Gasteiger partial charge in [0, 0.05) is 23.5 Å². The van der Waals surface area contributed by atoms with Crippen molar-refractivity contribution in [3.8, 4) is 23.1 Å². The monoisotopic (exact) mass is 544 g/mol. The van der Waals surface area contributed by atoms with Gasteiger partial charge in [0.05, 0.1) is 51.6 Å². The van der Waals surface area contributed by atoms with Gasteiger partial charge in [-0.3, -0.25) is 4.79 Å². The number of aromatic nitrogens is 2. The Morgan fingerprint density at radius 3 is 2.52 bits per heavy atom. The molecule has 1 atom stereocenters. The maximum Gasteiger partial charge on any atom is 0.416 e. The number of rotatable bonds is 6. The molecule has 2 N–H and O–H groups in total. The van der Waals surface area contributed by atoms with Crippen LogP contribution in [-0.2, 0) is 6.18 Å². The number of carbonyl (C=O) groups is 1. The molecule has 0 fully saturated rings. The summed E-state index contributed by atoms with van der Waals surface area (Å²) in [6, 6.07) is 16.5. The van der Waals surface area contributed by atoms with Crippen molar-refractivity contribution in [2.45, 2.75) is 19.1 Å². The van der Waals surface area contributed by atoms with E-state index in [9.17, 15) is 27.9 Å². The topological polar surface area (TPSA) is 121 Å². The number of carboxylic acid groups (broad SMARTS) is 1. The van der Waals surface area contributed by atoms with Crippen LogP contribution in [0.3, 0.4) is 0 Å². The van der Waals surface area contributed by atoms with Crippen LogP contribution in [0, 0.1) is 11.3 Å². The van der Waals surface area contributed by atoms with Gasteiger partial charge in [-0.1, -0.05) is 12.1 Å². The fourth-order valence-corrected chi connectivity index (χ4v) is 4.30. The molecule has 0 radical (unpaired) electrons. The van der Waals surface area contributed by atoms with Gasteiger partial charge >= 0.3 is 12.1 Å². The molecule has 3 aromatic carbocycles. The van der Waals surface area contributed by atoms with Crippen LogP contribution in [0.5, 0.6) is 0 Å². The Morgan fingerprint density at radius 2 is 1.85 bits per heavy atom. The average Bonchev–Trinajstić information content (AvgIpc) is 3.42. The third-order valence-electron chi connectivity index (χ3n) is 6.31. The second-order valence-corrected chi connectivity index (χ2v) is 8.96. The molecule has 0 aliphatic rings. The molecule has 0 amide bonds. The number of benzene rings is 3. The van der Waals surface area contributed by atoms with E-state index >= 15 is 0 Å². The molecule has 2 heterocycles. The third kappa shape index (κ3) is 5.02. The number of hydrogen-bond donors (Lipinski definition) is 2. The number of aromatic carboxylic acids is 1. The number of halogens is 3. The van der Waals surface area contributed by atoms with Crippen LogP contribution in [0.25, 0.3) is 28.0 Å². The number of nitrogens with one attached hydrogen (secondary N) is 1. The van der Waals surface area contributed by atoms with Crippen molar-refractivity contribution in [3.63, 3.8) is 0 Å². The highest BCUT2D eigenvalue weighted by atomic mass is 19.4. The highest BCUT2D eigenvalue weighted by Crippen LogP contribution is 2.37. The van der Waals surface area contributed by atoms with Gasteiger partial charge in [0.1, 0.15) is 11.3 Å². The first-order valence-corrected chi connectivity index (χ1v) is 11.9. The van der Waals surface area contributed by atoms with Gasteiger partial charge in [0.15, 0.2) is 5.43 Å². The van der Waals surface area contributed by atoms with Gasteiger partial charge in [0.2, 0.25) is 0 Å². The summed E-state index contributed by atoms with van der Waals surface area (Å²) < 4.78 is 48.9. The Kier molecular flexibility index (Phi) is 6.61. The number of para-hydroxylation sites is 1. The van der Waals surface area contributed by atoms with Gasteiger partial charge in [-0.05, 0) is 55.5 Å². The molecule has 1 unspecified atom stereocenters. The maximum atomic E-state index is 13.8. The van der Waals surface area contributed by atoms with Crippen molar-refractivity contribution in [3.05, 3.63) is 112 Å². The first kappa shape index (κ1) is 26.2. The molecule has 5 aromatic rings. The summed E-state index contributed by atoms with van der Waals surface area (Å²) >= 11 is 0. The molecule has 0 aliphatic carbocycles. The van der Waals surface area contributed by atoms with E-state index in [-0.39, 0.29) is 33.5 Å². The number of fused-ring (bicyclic) bond motifs is 1. The Bertz CT molecular complexity index is 1850. The highest BCUT2D eigenvalue weighted by molar-refractivity contribution is 5.94. The summed E-state index contributed by atoms with van der Waals surface area (Å²) in [6.45, 7) is 1.54. The Morgan fingerprint density at radius 1 is 1.12 bits per heavy atom. The summed E-state index contributed by atoms with van der Waals surface area (Å²) in [5, 5.41) is 25.5. The molecule has 0 saturated heterocycles. The van der Waals surface area contributed by atoms with Crippen LogP contribution in [0.15, 0.2) is 88.3 Å². The van der Waals surface area contributed by atoms with E-state index in [1.54, 1.807) is 43.5 Å². The molecule has 0 aliphatic heterocycles. The van der Waals surface area contributed by atoms with E-state index < -0.39 is 29.2 Å². The lowest BCUT2D eigenvalue weighted by molar-refractivity contribution is -0.137. The number of anilines is 1. The van der Waals surface area contributed by atoms with Crippen molar-refractivity contribution >= 4 is 22.6 Å². The Hall–Kier alpha value is -5.37. The lowest BCUT2D eigenvalue weighted by Crippen LogP contribution is -2.15. The molecule has 40 heavy (non-hydrogen) atoms. The summed E-state index contributed by atoms with van der Waals surface area (Å²) in [4.78, 5) is 24.7. The first-order chi connectivity index (χ1) is 19.0.